The molecule has 0 aromatic heterocycles. The zero-order chi connectivity index (χ0) is 18.3. The van der Waals surface area contributed by atoms with E-state index >= 15 is 0 Å². The number of aromatic hydroxyl groups is 1. The maximum Gasteiger partial charge on any atom is 0.265 e. The number of carbonyl (C=O) groups is 3. The minimum absolute atomic E-state index is 0.0383. The van der Waals surface area contributed by atoms with Crippen molar-refractivity contribution in [2.24, 2.45) is 5.92 Å². The molecular formula is C20H22N2O4. The van der Waals surface area contributed by atoms with E-state index in [0.717, 1.165) is 36.3 Å². The standard InChI is InChI=1S/C20H22N2O4/c23-16-9-3-7-14-18(16)20(26)22(19(14)25)12-10-17(24)21-11-4-6-13-5-1-2-8-15(13)21/h3,7-9,13,23H,1-2,4-6,10-12H2. The SMILES string of the molecule is O=C(CCN1C(=O)c2cccc(O)c2C1=O)N1CCCC2CCCC=C21. The number of amides is 3. The van der Waals surface area contributed by atoms with E-state index in [0.29, 0.717) is 12.5 Å². The second-order valence-electron chi connectivity index (χ2n) is 7.16. The molecule has 1 aromatic rings. The number of nitrogens with zero attached hydrogens (tertiary/aromatic N) is 2. The van der Waals surface area contributed by atoms with Crippen molar-refractivity contribution in [3.8, 4) is 5.75 Å². The second-order valence-corrected chi connectivity index (χ2v) is 7.16. The van der Waals surface area contributed by atoms with Crippen LogP contribution in [0.15, 0.2) is 30.0 Å². The van der Waals surface area contributed by atoms with Gasteiger partial charge in [-0.2, -0.15) is 0 Å². The number of allylic oxidation sites excluding steroid dienone is 2. The molecular weight excluding hydrogens is 332 g/mol. The Hall–Kier alpha value is -2.63. The summed E-state index contributed by atoms with van der Waals surface area (Å²) in [6.07, 6.45) is 7.72. The topological polar surface area (TPSA) is 77.9 Å². The minimum atomic E-state index is -0.524. The fourth-order valence-electron chi connectivity index (χ4n) is 4.31. The molecule has 136 valence electrons. The van der Waals surface area contributed by atoms with Gasteiger partial charge < -0.3 is 10.0 Å². The summed E-state index contributed by atoms with van der Waals surface area (Å²) in [6.45, 7) is 0.753. The zero-order valence-corrected chi connectivity index (χ0v) is 14.6. The number of hydrogen-bond donors (Lipinski definition) is 1. The lowest BCUT2D eigenvalue weighted by Gasteiger charge is -2.38. The van der Waals surface area contributed by atoms with E-state index < -0.39 is 11.8 Å². The Bertz CT molecular complexity index is 814. The van der Waals surface area contributed by atoms with Gasteiger partial charge in [0.1, 0.15) is 5.75 Å². The molecule has 6 nitrogen and oxygen atoms in total. The first-order valence-electron chi connectivity index (χ1n) is 9.26. The molecule has 1 unspecified atom stereocenters. The maximum atomic E-state index is 12.7. The van der Waals surface area contributed by atoms with Crippen molar-refractivity contribution in [2.45, 2.75) is 38.5 Å². The third-order valence-corrected chi connectivity index (χ3v) is 5.60. The largest absolute Gasteiger partial charge is 0.507 e. The first-order valence-corrected chi connectivity index (χ1v) is 9.26. The molecule has 6 heteroatoms. The maximum absolute atomic E-state index is 12.7. The third kappa shape index (κ3) is 2.69. The summed E-state index contributed by atoms with van der Waals surface area (Å²) in [6, 6.07) is 4.46. The molecule has 1 saturated heterocycles. The van der Waals surface area contributed by atoms with Crippen LogP contribution in [0.5, 0.6) is 5.75 Å². The molecule has 3 aliphatic rings. The number of likely N-dealkylation sites (tertiary alicyclic amines) is 1. The van der Waals surface area contributed by atoms with Crippen LogP contribution in [0.3, 0.4) is 0 Å². The van der Waals surface area contributed by atoms with Crippen LogP contribution in [-0.2, 0) is 4.79 Å². The number of benzene rings is 1. The first kappa shape index (κ1) is 16.8. The summed E-state index contributed by atoms with van der Waals surface area (Å²) < 4.78 is 0. The van der Waals surface area contributed by atoms with E-state index in [1.807, 2.05) is 4.90 Å². The van der Waals surface area contributed by atoms with Gasteiger partial charge >= 0.3 is 0 Å². The Morgan fingerprint density at radius 2 is 1.96 bits per heavy atom. The third-order valence-electron chi connectivity index (χ3n) is 5.60. The molecule has 1 aliphatic carbocycles. The molecule has 2 aliphatic heterocycles. The zero-order valence-electron chi connectivity index (χ0n) is 14.6. The van der Waals surface area contributed by atoms with Gasteiger partial charge in [0.2, 0.25) is 5.91 Å². The Morgan fingerprint density at radius 3 is 2.77 bits per heavy atom. The molecule has 0 bridgehead atoms. The highest BCUT2D eigenvalue weighted by atomic mass is 16.3. The van der Waals surface area contributed by atoms with Crippen LogP contribution in [0.25, 0.3) is 0 Å². The van der Waals surface area contributed by atoms with E-state index in [1.165, 1.54) is 24.6 Å². The van der Waals surface area contributed by atoms with Crippen LogP contribution in [0.4, 0.5) is 0 Å². The smallest absolute Gasteiger partial charge is 0.265 e. The number of hydrogen-bond acceptors (Lipinski definition) is 4. The van der Waals surface area contributed by atoms with Gasteiger partial charge in [-0.1, -0.05) is 12.1 Å². The van der Waals surface area contributed by atoms with Crippen LogP contribution in [0, 0.1) is 5.92 Å². The van der Waals surface area contributed by atoms with Gasteiger partial charge in [-0.25, -0.2) is 0 Å². The average molecular weight is 354 g/mol. The molecule has 26 heavy (non-hydrogen) atoms. The van der Waals surface area contributed by atoms with Gasteiger partial charge in [0.25, 0.3) is 11.8 Å². The molecule has 0 saturated carbocycles. The molecule has 1 N–H and O–H groups in total. The van der Waals surface area contributed by atoms with Crippen molar-refractivity contribution < 1.29 is 19.5 Å². The minimum Gasteiger partial charge on any atom is -0.507 e. The molecule has 1 aromatic carbocycles. The summed E-state index contributed by atoms with van der Waals surface area (Å²) in [5.74, 6) is -0.728. The van der Waals surface area contributed by atoms with E-state index in [-0.39, 0.29) is 35.7 Å². The summed E-state index contributed by atoms with van der Waals surface area (Å²) >= 11 is 0. The molecule has 3 amide bonds. The molecule has 1 fully saturated rings. The highest BCUT2D eigenvalue weighted by Crippen LogP contribution is 2.35. The lowest BCUT2D eigenvalue weighted by Crippen LogP contribution is -2.41. The number of phenolic OH excluding ortho intramolecular Hbond substituents is 1. The molecule has 2 heterocycles. The van der Waals surface area contributed by atoms with Crippen molar-refractivity contribution in [1.29, 1.82) is 0 Å². The number of phenols is 1. The number of imide groups is 1. The van der Waals surface area contributed by atoms with Crippen LogP contribution in [-0.4, -0.2) is 45.7 Å². The average Bonchev–Trinajstić information content (AvgIpc) is 2.91. The fourth-order valence-corrected chi connectivity index (χ4v) is 4.31. The molecule has 1 atom stereocenters. The predicted octanol–water partition coefficient (Wildman–Crippen LogP) is 2.68. The summed E-state index contributed by atoms with van der Waals surface area (Å²) in [4.78, 5) is 40.6. The Labute approximate surface area is 152 Å². The van der Waals surface area contributed by atoms with E-state index in [2.05, 4.69) is 6.08 Å². The molecule has 0 radical (unpaired) electrons. The van der Waals surface area contributed by atoms with Crippen molar-refractivity contribution in [3.05, 3.63) is 41.1 Å². The molecule has 0 spiro atoms. The monoisotopic (exact) mass is 354 g/mol. The van der Waals surface area contributed by atoms with Crippen LogP contribution in [0.1, 0.15) is 59.2 Å². The Balaban J connectivity index is 1.45. The lowest BCUT2D eigenvalue weighted by molar-refractivity contribution is -0.130. The fraction of sp³-hybridized carbons (Fsp3) is 0.450. The number of carbonyl (C=O) groups excluding carboxylic acids is 3. The highest BCUT2D eigenvalue weighted by Gasteiger charge is 2.38. The lowest BCUT2D eigenvalue weighted by atomic mass is 9.85. The summed E-state index contributed by atoms with van der Waals surface area (Å²) in [5.41, 5.74) is 1.38. The van der Waals surface area contributed by atoms with E-state index in [9.17, 15) is 19.5 Å². The van der Waals surface area contributed by atoms with Crippen molar-refractivity contribution in [2.75, 3.05) is 13.1 Å². The van der Waals surface area contributed by atoms with Crippen LogP contribution in [0.2, 0.25) is 0 Å². The Morgan fingerprint density at radius 1 is 1.15 bits per heavy atom. The van der Waals surface area contributed by atoms with Gasteiger partial charge in [0.15, 0.2) is 0 Å². The number of fused-ring (bicyclic) bond motifs is 2. The van der Waals surface area contributed by atoms with Crippen molar-refractivity contribution in [3.63, 3.8) is 0 Å². The molecule has 4 rings (SSSR count). The number of piperidine rings is 1. The summed E-state index contributed by atoms with van der Waals surface area (Å²) in [5, 5.41) is 9.87. The highest BCUT2D eigenvalue weighted by molar-refractivity contribution is 6.22. The van der Waals surface area contributed by atoms with Crippen LogP contribution < -0.4 is 0 Å². The first-order chi connectivity index (χ1) is 12.6. The predicted molar refractivity (Wildman–Crippen MR) is 94.5 cm³/mol. The second kappa shape index (κ2) is 6.59. The normalized spacial score (nSPS) is 22.2. The van der Waals surface area contributed by atoms with Gasteiger partial charge in [0, 0.05) is 25.2 Å². The Kier molecular flexibility index (Phi) is 4.26. The van der Waals surface area contributed by atoms with E-state index in [4.69, 9.17) is 0 Å². The van der Waals surface area contributed by atoms with Gasteiger partial charge in [-0.15, -0.1) is 0 Å². The van der Waals surface area contributed by atoms with Gasteiger partial charge in [-0.05, 0) is 50.2 Å². The van der Waals surface area contributed by atoms with Gasteiger partial charge in [0.05, 0.1) is 11.1 Å². The number of rotatable bonds is 3. The summed E-state index contributed by atoms with van der Waals surface area (Å²) in [7, 11) is 0. The van der Waals surface area contributed by atoms with Crippen molar-refractivity contribution >= 4 is 17.7 Å². The van der Waals surface area contributed by atoms with Gasteiger partial charge in [-0.3, -0.25) is 19.3 Å². The quantitative estimate of drug-likeness (QED) is 0.847. The van der Waals surface area contributed by atoms with Crippen LogP contribution >= 0.6 is 0 Å². The van der Waals surface area contributed by atoms with Crippen molar-refractivity contribution in [1.82, 2.24) is 9.80 Å². The van der Waals surface area contributed by atoms with E-state index in [1.54, 1.807) is 0 Å².